The van der Waals surface area contributed by atoms with Crippen molar-refractivity contribution in [2.24, 2.45) is 5.14 Å². The van der Waals surface area contributed by atoms with Gasteiger partial charge in [0.2, 0.25) is 10.0 Å². The van der Waals surface area contributed by atoms with Gasteiger partial charge in [0.15, 0.2) is 5.65 Å². The van der Waals surface area contributed by atoms with Crippen molar-refractivity contribution < 1.29 is 17.6 Å². The molecule has 0 aliphatic carbocycles. The number of amides is 1. The fourth-order valence-corrected chi connectivity index (χ4v) is 4.12. The quantitative estimate of drug-likeness (QED) is 0.361. The number of para-hydroxylation sites is 2. The maximum Gasteiger partial charge on any atom is 0.257 e. The molecule has 5 N–H and O–H groups in total. The molecule has 0 unspecified atom stereocenters. The van der Waals surface area contributed by atoms with Gasteiger partial charge in [0.25, 0.3) is 5.91 Å². The number of hydrogen-bond donors (Lipinski definition) is 3. The smallest absolute Gasteiger partial charge is 0.257 e. The molecule has 0 radical (unpaired) electrons. The first-order valence-electron chi connectivity index (χ1n) is 9.83. The largest absolute Gasteiger partial charge is 0.467 e. The Morgan fingerprint density at radius 2 is 1.70 bits per heavy atom. The average molecular weight is 462 g/mol. The molecule has 0 atom stereocenters. The number of furan rings is 1. The minimum absolute atomic E-state index is 0.0470. The topological polar surface area (TPSA) is 159 Å². The maximum atomic E-state index is 13.1. The molecule has 3 aromatic heterocycles. The highest BCUT2D eigenvalue weighted by atomic mass is 32.2. The normalized spacial score (nSPS) is 11.8. The predicted molar refractivity (Wildman–Crippen MR) is 122 cm³/mol. The highest BCUT2D eigenvalue weighted by Gasteiger charge is 2.25. The monoisotopic (exact) mass is 462 g/mol. The van der Waals surface area contributed by atoms with Crippen molar-refractivity contribution in [2.45, 2.75) is 11.4 Å². The predicted octanol–water partition coefficient (Wildman–Crippen LogP) is 2.33. The molecule has 0 bridgehead atoms. The van der Waals surface area contributed by atoms with E-state index in [0.29, 0.717) is 33.6 Å². The molecular formula is C22H18N6O4S. The van der Waals surface area contributed by atoms with Gasteiger partial charge in [0.1, 0.15) is 22.7 Å². The van der Waals surface area contributed by atoms with Gasteiger partial charge in [-0.15, -0.1) is 0 Å². The molecule has 0 aliphatic rings. The molecule has 33 heavy (non-hydrogen) atoms. The van der Waals surface area contributed by atoms with Crippen molar-refractivity contribution in [3.8, 4) is 5.69 Å². The van der Waals surface area contributed by atoms with Crippen LogP contribution in [0, 0.1) is 0 Å². The number of nitrogen functional groups attached to an aromatic ring is 1. The van der Waals surface area contributed by atoms with E-state index in [-0.39, 0.29) is 22.8 Å². The van der Waals surface area contributed by atoms with Gasteiger partial charge in [-0.25, -0.2) is 23.5 Å². The Balaban J connectivity index is 1.69. The minimum atomic E-state index is -3.86. The van der Waals surface area contributed by atoms with E-state index >= 15 is 0 Å². The number of fused-ring (bicyclic) bond motifs is 2. The number of sulfonamides is 1. The van der Waals surface area contributed by atoms with Crippen molar-refractivity contribution in [1.82, 2.24) is 19.9 Å². The Morgan fingerprint density at radius 3 is 2.33 bits per heavy atom. The first-order chi connectivity index (χ1) is 15.8. The van der Waals surface area contributed by atoms with Crippen LogP contribution in [-0.2, 0) is 16.6 Å². The van der Waals surface area contributed by atoms with Gasteiger partial charge in [-0.05, 0) is 48.5 Å². The molecule has 166 valence electrons. The summed E-state index contributed by atoms with van der Waals surface area (Å²) in [7, 11) is -3.86. The number of carbonyl (C=O) groups excluding carboxylic acids is 1. The zero-order chi connectivity index (χ0) is 23.2. The Morgan fingerprint density at radius 1 is 1.00 bits per heavy atom. The number of nitrogens with two attached hydrogens (primary N) is 2. The Hall–Kier alpha value is -4.22. The third-order valence-corrected chi connectivity index (χ3v) is 6.08. The van der Waals surface area contributed by atoms with E-state index in [1.165, 1.54) is 30.5 Å². The van der Waals surface area contributed by atoms with Gasteiger partial charge >= 0.3 is 0 Å². The van der Waals surface area contributed by atoms with E-state index in [4.69, 9.17) is 15.3 Å². The van der Waals surface area contributed by atoms with Crippen LogP contribution < -0.4 is 16.2 Å². The van der Waals surface area contributed by atoms with Crippen LogP contribution in [0.2, 0.25) is 0 Å². The van der Waals surface area contributed by atoms with Crippen LogP contribution in [0.5, 0.6) is 0 Å². The highest BCUT2D eigenvalue weighted by molar-refractivity contribution is 7.89. The zero-order valence-electron chi connectivity index (χ0n) is 17.1. The molecule has 2 aromatic carbocycles. The van der Waals surface area contributed by atoms with Gasteiger partial charge in [0, 0.05) is 5.69 Å². The van der Waals surface area contributed by atoms with Crippen LogP contribution in [0.1, 0.15) is 16.1 Å². The van der Waals surface area contributed by atoms with E-state index in [1.54, 1.807) is 28.8 Å². The van der Waals surface area contributed by atoms with Crippen molar-refractivity contribution >= 4 is 43.9 Å². The van der Waals surface area contributed by atoms with E-state index in [1.807, 2.05) is 12.1 Å². The van der Waals surface area contributed by atoms with Crippen LogP contribution in [-0.4, -0.2) is 28.9 Å². The van der Waals surface area contributed by atoms with E-state index in [9.17, 15) is 13.2 Å². The summed E-state index contributed by atoms with van der Waals surface area (Å²) in [6.07, 6.45) is 1.52. The van der Waals surface area contributed by atoms with Crippen LogP contribution >= 0.6 is 0 Å². The van der Waals surface area contributed by atoms with Crippen molar-refractivity contribution in [1.29, 1.82) is 0 Å². The first-order valence-corrected chi connectivity index (χ1v) is 11.4. The Labute approximate surface area is 187 Å². The number of nitrogens with zero attached hydrogens (tertiary/aromatic N) is 3. The lowest BCUT2D eigenvalue weighted by Gasteiger charge is -2.09. The molecule has 0 spiro atoms. The fraction of sp³-hybridized carbons (Fsp3) is 0.0455. The molecule has 10 nitrogen and oxygen atoms in total. The second kappa shape index (κ2) is 7.73. The molecule has 5 rings (SSSR count). The SMILES string of the molecule is Nc1c(C(=O)NCc2ccco2)c2nc3ccccc3nc2n1-c1ccc(S(N)(=O)=O)cc1. The van der Waals surface area contributed by atoms with E-state index in [0.717, 1.165) is 0 Å². The van der Waals surface area contributed by atoms with Crippen molar-refractivity contribution in [3.63, 3.8) is 0 Å². The number of rotatable bonds is 5. The van der Waals surface area contributed by atoms with Crippen molar-refractivity contribution in [3.05, 3.63) is 78.3 Å². The summed E-state index contributed by atoms with van der Waals surface area (Å²) in [5.74, 6) is 0.250. The molecule has 1 amide bonds. The summed E-state index contributed by atoms with van der Waals surface area (Å²) in [6.45, 7) is 0.169. The summed E-state index contributed by atoms with van der Waals surface area (Å²) in [6, 6.07) is 16.5. The molecule has 0 fully saturated rings. The number of hydrogen-bond acceptors (Lipinski definition) is 7. The summed E-state index contributed by atoms with van der Waals surface area (Å²) >= 11 is 0. The van der Waals surface area contributed by atoms with Crippen LogP contribution in [0.15, 0.2) is 76.2 Å². The van der Waals surface area contributed by atoms with E-state index in [2.05, 4.69) is 15.3 Å². The number of benzene rings is 2. The van der Waals surface area contributed by atoms with Crippen molar-refractivity contribution in [2.75, 3.05) is 5.73 Å². The molecule has 0 saturated heterocycles. The van der Waals surface area contributed by atoms with Crippen LogP contribution in [0.25, 0.3) is 27.9 Å². The standard InChI is InChI=1S/C22H18N6O4S/c23-20-18(22(29)25-12-14-4-3-11-32-14)19-21(27-17-6-2-1-5-16(17)26-19)28(20)13-7-9-15(10-8-13)33(24,30)31/h1-11H,12,23H2,(H,25,29)(H2,24,30,31). The number of anilines is 1. The summed E-state index contributed by atoms with van der Waals surface area (Å²) in [4.78, 5) is 22.4. The second-order valence-electron chi connectivity index (χ2n) is 7.28. The second-order valence-corrected chi connectivity index (χ2v) is 8.84. The fourth-order valence-electron chi connectivity index (χ4n) is 3.60. The Kier molecular flexibility index (Phi) is 4.84. The minimum Gasteiger partial charge on any atom is -0.467 e. The third kappa shape index (κ3) is 3.69. The maximum absolute atomic E-state index is 13.1. The van der Waals surface area contributed by atoms with Gasteiger partial charge in [-0.1, -0.05) is 12.1 Å². The summed E-state index contributed by atoms with van der Waals surface area (Å²) in [5.41, 5.74) is 9.00. The highest BCUT2D eigenvalue weighted by Crippen LogP contribution is 2.31. The molecule has 5 aromatic rings. The number of nitrogens with one attached hydrogen (secondary N) is 1. The first kappa shape index (κ1) is 20.7. The average Bonchev–Trinajstić information content (AvgIpc) is 3.41. The molecule has 11 heteroatoms. The van der Waals surface area contributed by atoms with Crippen LogP contribution in [0.4, 0.5) is 5.82 Å². The van der Waals surface area contributed by atoms with Gasteiger partial charge in [-0.3, -0.25) is 9.36 Å². The lowest BCUT2D eigenvalue weighted by atomic mass is 10.2. The summed E-state index contributed by atoms with van der Waals surface area (Å²) in [5, 5.41) is 7.99. The molecule has 0 aliphatic heterocycles. The van der Waals surface area contributed by atoms with Gasteiger partial charge < -0.3 is 15.5 Å². The van der Waals surface area contributed by atoms with Crippen LogP contribution in [0.3, 0.4) is 0 Å². The molecule has 3 heterocycles. The third-order valence-electron chi connectivity index (χ3n) is 5.15. The summed E-state index contributed by atoms with van der Waals surface area (Å²) < 4.78 is 30.1. The molecular weight excluding hydrogens is 444 g/mol. The van der Waals surface area contributed by atoms with Gasteiger partial charge in [-0.2, -0.15) is 0 Å². The zero-order valence-corrected chi connectivity index (χ0v) is 17.9. The molecule has 0 saturated carbocycles. The lowest BCUT2D eigenvalue weighted by molar-refractivity contribution is 0.0950. The number of aromatic nitrogens is 3. The number of primary sulfonamides is 1. The Bertz CT molecular complexity index is 1610. The van der Waals surface area contributed by atoms with E-state index < -0.39 is 15.9 Å². The lowest BCUT2D eigenvalue weighted by Crippen LogP contribution is -2.23. The number of carbonyl (C=O) groups is 1. The van der Waals surface area contributed by atoms with Gasteiger partial charge in [0.05, 0.1) is 28.7 Å².